The van der Waals surface area contributed by atoms with Crippen LogP contribution in [0.25, 0.3) is 0 Å². The summed E-state index contributed by atoms with van der Waals surface area (Å²) in [6, 6.07) is 0. The Morgan fingerprint density at radius 2 is 1.38 bits per heavy atom. The first kappa shape index (κ1) is 30.4. The molecule has 2 fully saturated rings. The van der Waals surface area contributed by atoms with Crippen LogP contribution in [0.3, 0.4) is 0 Å². The van der Waals surface area contributed by atoms with E-state index in [1.165, 1.54) is 26.1 Å². The van der Waals surface area contributed by atoms with E-state index in [1.807, 2.05) is 0 Å². The lowest BCUT2D eigenvalue weighted by Crippen LogP contribution is -2.47. The molecule has 0 saturated carbocycles. The van der Waals surface area contributed by atoms with Crippen molar-refractivity contribution in [2.45, 2.75) is 44.8 Å². The highest BCUT2D eigenvalue weighted by Crippen LogP contribution is 2.20. The van der Waals surface area contributed by atoms with Crippen LogP contribution in [0.4, 0.5) is 26.3 Å². The molecule has 1 unspecified atom stereocenters. The molecule has 2 saturated heterocycles. The van der Waals surface area contributed by atoms with E-state index in [9.17, 15) is 26.3 Å². The second-order valence-corrected chi connectivity index (χ2v) is 7.53. The van der Waals surface area contributed by atoms with Gasteiger partial charge in [-0.3, -0.25) is 4.90 Å². The summed E-state index contributed by atoms with van der Waals surface area (Å²) in [5.41, 5.74) is 0. The average molecular weight is 484 g/mol. The third-order valence-electron chi connectivity index (χ3n) is 4.48. The van der Waals surface area contributed by atoms with Gasteiger partial charge in [-0.25, -0.2) is 9.59 Å². The van der Waals surface area contributed by atoms with Crippen molar-refractivity contribution in [3.8, 4) is 0 Å². The van der Waals surface area contributed by atoms with E-state index in [4.69, 9.17) is 29.3 Å². The SMILES string of the molecule is COCCN1CCC(CN2C[C@@H](C)O[C@@H](C)C2)C1.O=C(O)C(F)(F)F.O=C(O)C(F)(F)F. The van der Waals surface area contributed by atoms with Gasteiger partial charge in [-0.2, -0.15) is 26.3 Å². The van der Waals surface area contributed by atoms with Gasteiger partial charge in [0.1, 0.15) is 0 Å². The Balaban J connectivity index is 0.000000570. The maximum atomic E-state index is 10.6. The largest absolute Gasteiger partial charge is 0.490 e. The van der Waals surface area contributed by atoms with E-state index < -0.39 is 24.3 Å². The number of halogens is 6. The number of hydrogen-bond donors (Lipinski definition) is 2. The predicted octanol–water partition coefficient (Wildman–Crippen LogP) is 2.33. The molecule has 2 aliphatic heterocycles. The van der Waals surface area contributed by atoms with Crippen molar-refractivity contribution in [1.29, 1.82) is 0 Å². The Labute approximate surface area is 182 Å². The van der Waals surface area contributed by atoms with Crippen LogP contribution in [-0.2, 0) is 19.1 Å². The van der Waals surface area contributed by atoms with Crippen LogP contribution in [0.5, 0.6) is 0 Å². The smallest absolute Gasteiger partial charge is 0.475 e. The summed E-state index contributed by atoms with van der Waals surface area (Å²) < 4.78 is 74.4. The molecule has 0 aromatic heterocycles. The summed E-state index contributed by atoms with van der Waals surface area (Å²) in [5.74, 6) is -4.68. The lowest BCUT2D eigenvalue weighted by atomic mass is 10.1. The van der Waals surface area contributed by atoms with Crippen LogP contribution in [0.1, 0.15) is 20.3 Å². The van der Waals surface area contributed by atoms with Crippen LogP contribution < -0.4 is 0 Å². The molecule has 2 aliphatic rings. The molecule has 0 aromatic carbocycles. The molecule has 3 atom stereocenters. The maximum Gasteiger partial charge on any atom is 0.490 e. The number of rotatable bonds is 5. The molecular weight excluding hydrogens is 454 g/mol. The molecule has 2 rings (SSSR count). The fraction of sp³-hybridized carbons (Fsp3) is 0.889. The molecule has 8 nitrogen and oxygen atoms in total. The predicted molar refractivity (Wildman–Crippen MR) is 100 cm³/mol. The number of methoxy groups -OCH3 is 1. The lowest BCUT2D eigenvalue weighted by molar-refractivity contribution is -0.193. The van der Waals surface area contributed by atoms with Crippen LogP contribution in [0, 0.1) is 5.92 Å². The molecule has 0 spiro atoms. The zero-order valence-electron chi connectivity index (χ0n) is 18.1. The van der Waals surface area contributed by atoms with Gasteiger partial charge in [0.2, 0.25) is 0 Å². The van der Waals surface area contributed by atoms with E-state index >= 15 is 0 Å². The minimum absolute atomic E-state index is 0.389. The van der Waals surface area contributed by atoms with E-state index in [1.54, 1.807) is 7.11 Å². The maximum absolute atomic E-state index is 10.6. The number of likely N-dealkylation sites (tertiary alicyclic amines) is 1. The topological polar surface area (TPSA) is 99.5 Å². The van der Waals surface area contributed by atoms with Gasteiger partial charge in [-0.1, -0.05) is 0 Å². The van der Waals surface area contributed by atoms with Gasteiger partial charge in [0.25, 0.3) is 0 Å². The Bertz CT molecular complexity index is 541. The molecule has 0 aliphatic carbocycles. The third kappa shape index (κ3) is 13.7. The Morgan fingerprint density at radius 1 is 0.938 bits per heavy atom. The molecule has 32 heavy (non-hydrogen) atoms. The Kier molecular flexibility index (Phi) is 13.1. The van der Waals surface area contributed by atoms with Crippen molar-refractivity contribution in [1.82, 2.24) is 9.80 Å². The van der Waals surface area contributed by atoms with E-state index in [-0.39, 0.29) is 0 Å². The van der Waals surface area contributed by atoms with Crippen LogP contribution in [0.2, 0.25) is 0 Å². The minimum atomic E-state index is -5.08. The van der Waals surface area contributed by atoms with Gasteiger partial charge in [0.15, 0.2) is 0 Å². The zero-order valence-corrected chi connectivity index (χ0v) is 18.1. The monoisotopic (exact) mass is 484 g/mol. The van der Waals surface area contributed by atoms with Crippen LogP contribution in [0.15, 0.2) is 0 Å². The number of carboxylic acid groups (broad SMARTS) is 2. The first-order valence-corrected chi connectivity index (χ1v) is 9.75. The standard InChI is InChI=1S/C14H28N2O2.2C2HF3O2/c1-12-8-16(9-13(2)18-12)11-14-4-5-15(10-14)6-7-17-3;2*3-2(4,5)1(6)7/h12-14H,4-11H2,1-3H3;2*(H,6,7)/t12-,13+,14?;;. The van der Waals surface area contributed by atoms with Crippen molar-refractivity contribution < 1.29 is 55.6 Å². The molecule has 14 heteroatoms. The van der Waals surface area contributed by atoms with Gasteiger partial charge < -0.3 is 24.6 Å². The van der Waals surface area contributed by atoms with Crippen molar-refractivity contribution >= 4 is 11.9 Å². The van der Waals surface area contributed by atoms with Gasteiger partial charge in [-0.15, -0.1) is 0 Å². The van der Waals surface area contributed by atoms with E-state index in [2.05, 4.69) is 23.6 Å². The Morgan fingerprint density at radius 3 is 1.75 bits per heavy atom. The summed E-state index contributed by atoms with van der Waals surface area (Å²) >= 11 is 0. The van der Waals surface area contributed by atoms with Crippen molar-refractivity contribution in [2.75, 3.05) is 53.0 Å². The fourth-order valence-electron chi connectivity index (χ4n) is 3.28. The normalized spacial score (nSPS) is 24.7. The summed E-state index contributed by atoms with van der Waals surface area (Å²) in [5, 5.41) is 14.2. The number of aliphatic carboxylic acids is 2. The van der Waals surface area contributed by atoms with Crippen molar-refractivity contribution in [3.05, 3.63) is 0 Å². The summed E-state index contributed by atoms with van der Waals surface area (Å²) in [7, 11) is 1.78. The van der Waals surface area contributed by atoms with Gasteiger partial charge in [-0.05, 0) is 32.7 Å². The summed E-state index contributed by atoms with van der Waals surface area (Å²) in [4.78, 5) is 22.9. The third-order valence-corrected chi connectivity index (χ3v) is 4.48. The number of ether oxygens (including phenoxy) is 2. The Hall–Kier alpha value is -1.64. The van der Waals surface area contributed by atoms with Crippen LogP contribution >= 0.6 is 0 Å². The minimum Gasteiger partial charge on any atom is -0.475 e. The van der Waals surface area contributed by atoms with Gasteiger partial charge >= 0.3 is 24.3 Å². The second-order valence-electron chi connectivity index (χ2n) is 7.53. The molecule has 2 N–H and O–H groups in total. The van der Waals surface area contributed by atoms with Gasteiger partial charge in [0, 0.05) is 39.8 Å². The highest BCUT2D eigenvalue weighted by atomic mass is 19.4. The van der Waals surface area contributed by atoms with E-state index in [0.717, 1.165) is 32.2 Å². The highest BCUT2D eigenvalue weighted by molar-refractivity contribution is 5.73. The van der Waals surface area contributed by atoms with Crippen molar-refractivity contribution in [3.63, 3.8) is 0 Å². The first-order valence-electron chi connectivity index (χ1n) is 9.75. The quantitative estimate of drug-likeness (QED) is 0.574. The number of hydrogen-bond acceptors (Lipinski definition) is 6. The molecule has 190 valence electrons. The number of carbonyl (C=O) groups is 2. The highest BCUT2D eigenvalue weighted by Gasteiger charge is 2.38. The second kappa shape index (κ2) is 13.8. The fourth-order valence-corrected chi connectivity index (χ4v) is 3.28. The average Bonchev–Trinajstić information content (AvgIpc) is 3.05. The van der Waals surface area contributed by atoms with E-state index in [0.29, 0.717) is 12.2 Å². The van der Waals surface area contributed by atoms with Crippen molar-refractivity contribution in [2.24, 2.45) is 5.92 Å². The molecule has 0 aromatic rings. The van der Waals surface area contributed by atoms with Crippen LogP contribution in [-0.4, -0.2) is 109 Å². The molecule has 2 heterocycles. The molecular formula is C18H30F6N2O6. The summed E-state index contributed by atoms with van der Waals surface area (Å²) in [6.45, 7) is 12.2. The van der Waals surface area contributed by atoms with Gasteiger partial charge in [0.05, 0.1) is 18.8 Å². The first-order chi connectivity index (χ1) is 14.6. The lowest BCUT2D eigenvalue weighted by Gasteiger charge is -2.36. The summed E-state index contributed by atoms with van der Waals surface area (Å²) in [6.07, 6.45) is -8.05. The number of nitrogens with zero attached hydrogens (tertiary/aromatic N) is 2. The number of alkyl halides is 6. The number of morpholine rings is 1. The molecule has 0 amide bonds. The molecule has 0 bridgehead atoms. The zero-order chi connectivity index (χ0) is 25.1. The molecule has 0 radical (unpaired) electrons. The number of carboxylic acids is 2.